The summed E-state index contributed by atoms with van der Waals surface area (Å²) in [4.78, 5) is 21.8. The highest BCUT2D eigenvalue weighted by molar-refractivity contribution is 6.00. The lowest BCUT2D eigenvalue weighted by atomic mass is 9.99. The van der Waals surface area contributed by atoms with Crippen LogP contribution in [0, 0.1) is 0 Å². The summed E-state index contributed by atoms with van der Waals surface area (Å²) in [5.41, 5.74) is 8.84. The first-order valence-corrected chi connectivity index (χ1v) is 8.88. The van der Waals surface area contributed by atoms with Gasteiger partial charge in [-0.3, -0.25) is 4.79 Å². The number of pyridine rings is 1. The van der Waals surface area contributed by atoms with Crippen molar-refractivity contribution in [3.63, 3.8) is 0 Å². The maximum atomic E-state index is 12.8. The fraction of sp³-hybridized carbons (Fsp3) is 0.200. The van der Waals surface area contributed by atoms with E-state index in [-0.39, 0.29) is 17.2 Å². The summed E-state index contributed by atoms with van der Waals surface area (Å²) < 4.78 is 40.8. The molecule has 3 N–H and O–H groups in total. The van der Waals surface area contributed by atoms with Crippen LogP contribution in [0.1, 0.15) is 22.3 Å². The Morgan fingerprint density at radius 3 is 2.79 bits per heavy atom. The van der Waals surface area contributed by atoms with Gasteiger partial charge in [0.25, 0.3) is 5.91 Å². The van der Waals surface area contributed by atoms with E-state index >= 15 is 0 Å². The van der Waals surface area contributed by atoms with Crippen molar-refractivity contribution in [3.8, 4) is 5.75 Å². The number of nitrogens with two attached hydrogens (primary N) is 1. The van der Waals surface area contributed by atoms with Gasteiger partial charge in [-0.25, -0.2) is 4.98 Å². The lowest BCUT2D eigenvalue weighted by Crippen LogP contribution is -2.35. The molecule has 0 spiro atoms. The van der Waals surface area contributed by atoms with Crippen LogP contribution in [-0.2, 0) is 0 Å². The number of hydrogen-bond acceptors (Lipinski definition) is 4. The van der Waals surface area contributed by atoms with Crippen molar-refractivity contribution in [2.24, 2.45) is 0 Å². The Bertz CT molecular complexity index is 1100. The van der Waals surface area contributed by atoms with E-state index in [0.717, 1.165) is 34.3 Å². The molecule has 0 atom stereocenters. The molecule has 3 heterocycles. The standard InChI is InChI=1S/C20H17F3N4O2/c21-20(22,23)29-13-3-4-15(17(24)10-13)19(28)27-8-5-12(6-9-27)16-11-26-18-14(16)2-1-7-25-18/h1-5,7,10-11H,6,8-9,24H2,(H,25,26). The Morgan fingerprint density at radius 2 is 2.10 bits per heavy atom. The van der Waals surface area contributed by atoms with Crippen molar-refractivity contribution >= 4 is 28.2 Å². The van der Waals surface area contributed by atoms with E-state index in [1.54, 1.807) is 11.1 Å². The number of nitrogen functional groups attached to an aromatic ring is 1. The van der Waals surface area contributed by atoms with E-state index < -0.39 is 12.1 Å². The van der Waals surface area contributed by atoms with E-state index in [1.165, 1.54) is 6.07 Å². The summed E-state index contributed by atoms with van der Waals surface area (Å²) in [5.74, 6) is -0.794. The molecule has 3 aromatic rings. The van der Waals surface area contributed by atoms with Gasteiger partial charge in [0.05, 0.1) is 5.56 Å². The number of nitrogens with one attached hydrogen (secondary N) is 1. The van der Waals surface area contributed by atoms with Crippen molar-refractivity contribution in [1.29, 1.82) is 0 Å². The molecule has 0 fully saturated rings. The molecule has 4 rings (SSSR count). The van der Waals surface area contributed by atoms with Crippen LogP contribution < -0.4 is 10.5 Å². The Labute approximate surface area is 163 Å². The van der Waals surface area contributed by atoms with Gasteiger partial charge in [0.15, 0.2) is 0 Å². The maximum absolute atomic E-state index is 12.8. The van der Waals surface area contributed by atoms with Gasteiger partial charge in [0, 0.05) is 48.2 Å². The number of hydrogen-bond donors (Lipinski definition) is 2. The SMILES string of the molecule is Nc1cc(OC(F)(F)F)ccc1C(=O)N1CC=C(c2c[nH]c3ncccc23)CC1. The first-order valence-electron chi connectivity index (χ1n) is 8.88. The monoisotopic (exact) mass is 402 g/mol. The number of H-pyrrole nitrogens is 1. The summed E-state index contributed by atoms with van der Waals surface area (Å²) in [6, 6.07) is 7.20. The van der Waals surface area contributed by atoms with Crippen LogP contribution in [0.5, 0.6) is 5.75 Å². The number of ether oxygens (including phenoxy) is 1. The highest BCUT2D eigenvalue weighted by Crippen LogP contribution is 2.30. The Kier molecular flexibility index (Phi) is 4.65. The van der Waals surface area contributed by atoms with Crippen molar-refractivity contribution in [1.82, 2.24) is 14.9 Å². The summed E-state index contributed by atoms with van der Waals surface area (Å²) >= 11 is 0. The molecule has 1 aliphatic rings. The fourth-order valence-electron chi connectivity index (χ4n) is 3.42. The minimum absolute atomic E-state index is 0.0609. The summed E-state index contributed by atoms with van der Waals surface area (Å²) in [7, 11) is 0. The van der Waals surface area contributed by atoms with E-state index in [1.807, 2.05) is 24.4 Å². The molecular weight excluding hydrogens is 385 g/mol. The molecule has 1 amide bonds. The predicted octanol–water partition coefficient (Wildman–Crippen LogP) is 3.97. The quantitative estimate of drug-likeness (QED) is 0.650. The number of alkyl halides is 3. The number of nitrogens with zero attached hydrogens (tertiary/aromatic N) is 2. The van der Waals surface area contributed by atoms with Gasteiger partial charge in [-0.05, 0) is 36.3 Å². The van der Waals surface area contributed by atoms with Crippen LogP contribution >= 0.6 is 0 Å². The molecule has 29 heavy (non-hydrogen) atoms. The van der Waals surface area contributed by atoms with Crippen LogP contribution in [0.2, 0.25) is 0 Å². The molecule has 1 aliphatic heterocycles. The van der Waals surface area contributed by atoms with Gasteiger partial charge < -0.3 is 20.4 Å². The number of fused-ring (bicyclic) bond motifs is 1. The third-order valence-corrected chi connectivity index (χ3v) is 4.78. The second kappa shape index (κ2) is 7.16. The molecule has 150 valence electrons. The van der Waals surface area contributed by atoms with Crippen LogP contribution in [0.3, 0.4) is 0 Å². The average Bonchev–Trinajstić information content (AvgIpc) is 3.11. The van der Waals surface area contributed by atoms with Crippen molar-refractivity contribution in [2.75, 3.05) is 18.8 Å². The third kappa shape index (κ3) is 3.89. The van der Waals surface area contributed by atoms with Crippen LogP contribution in [0.25, 0.3) is 16.6 Å². The number of halogens is 3. The van der Waals surface area contributed by atoms with E-state index in [4.69, 9.17) is 5.73 Å². The van der Waals surface area contributed by atoms with Crippen LogP contribution in [-0.4, -0.2) is 40.2 Å². The second-order valence-corrected chi connectivity index (χ2v) is 6.63. The number of aromatic amines is 1. The number of carbonyl (C=O) groups excluding carboxylic acids is 1. The highest BCUT2D eigenvalue weighted by atomic mass is 19.4. The number of carbonyl (C=O) groups is 1. The maximum Gasteiger partial charge on any atom is 0.573 e. The summed E-state index contributed by atoms with van der Waals surface area (Å²) in [6.07, 6.45) is 1.41. The predicted molar refractivity (Wildman–Crippen MR) is 102 cm³/mol. The molecule has 1 aromatic carbocycles. The van der Waals surface area contributed by atoms with Crippen molar-refractivity contribution < 1.29 is 22.7 Å². The van der Waals surface area contributed by atoms with E-state index in [0.29, 0.717) is 19.5 Å². The zero-order valence-corrected chi connectivity index (χ0v) is 15.2. The zero-order valence-electron chi connectivity index (χ0n) is 15.2. The zero-order chi connectivity index (χ0) is 20.6. The average molecular weight is 402 g/mol. The molecule has 0 bridgehead atoms. The molecule has 0 aliphatic carbocycles. The topological polar surface area (TPSA) is 84.2 Å². The number of aromatic nitrogens is 2. The molecule has 0 unspecified atom stereocenters. The fourth-order valence-corrected chi connectivity index (χ4v) is 3.42. The van der Waals surface area contributed by atoms with Gasteiger partial charge >= 0.3 is 6.36 Å². The Balaban J connectivity index is 1.50. The number of rotatable bonds is 3. The summed E-state index contributed by atoms with van der Waals surface area (Å²) in [6.45, 7) is 0.846. The van der Waals surface area contributed by atoms with E-state index in [2.05, 4.69) is 14.7 Å². The minimum Gasteiger partial charge on any atom is -0.406 e. The molecule has 2 aromatic heterocycles. The van der Waals surface area contributed by atoms with Gasteiger partial charge in [0.2, 0.25) is 0 Å². The Morgan fingerprint density at radius 1 is 1.28 bits per heavy atom. The first kappa shape index (κ1) is 18.9. The molecule has 6 nitrogen and oxygen atoms in total. The summed E-state index contributed by atoms with van der Waals surface area (Å²) in [5, 5.41) is 1.02. The smallest absolute Gasteiger partial charge is 0.406 e. The van der Waals surface area contributed by atoms with Gasteiger partial charge in [0.1, 0.15) is 11.4 Å². The molecule has 0 saturated carbocycles. The van der Waals surface area contributed by atoms with Crippen LogP contribution in [0.15, 0.2) is 48.8 Å². The van der Waals surface area contributed by atoms with Crippen molar-refractivity contribution in [3.05, 3.63) is 59.9 Å². The minimum atomic E-state index is -4.82. The third-order valence-electron chi connectivity index (χ3n) is 4.78. The first-order chi connectivity index (χ1) is 13.8. The number of amides is 1. The highest BCUT2D eigenvalue weighted by Gasteiger charge is 2.31. The molecular formula is C20H17F3N4O2. The molecule has 9 heteroatoms. The number of benzene rings is 1. The number of anilines is 1. The molecule has 0 saturated heterocycles. The second-order valence-electron chi connectivity index (χ2n) is 6.63. The largest absolute Gasteiger partial charge is 0.573 e. The Hall–Kier alpha value is -3.49. The van der Waals surface area contributed by atoms with Gasteiger partial charge in [-0.1, -0.05) is 6.08 Å². The molecule has 0 radical (unpaired) electrons. The van der Waals surface area contributed by atoms with E-state index in [9.17, 15) is 18.0 Å². The van der Waals surface area contributed by atoms with Gasteiger partial charge in [-0.15, -0.1) is 13.2 Å². The lowest BCUT2D eigenvalue weighted by Gasteiger charge is -2.27. The van der Waals surface area contributed by atoms with Gasteiger partial charge in [-0.2, -0.15) is 0 Å². The lowest BCUT2D eigenvalue weighted by molar-refractivity contribution is -0.274. The van der Waals surface area contributed by atoms with Crippen molar-refractivity contribution in [2.45, 2.75) is 12.8 Å². The normalized spacial score (nSPS) is 14.7. The van der Waals surface area contributed by atoms with Crippen LogP contribution in [0.4, 0.5) is 18.9 Å².